The maximum absolute atomic E-state index is 11.3. The van der Waals surface area contributed by atoms with Gasteiger partial charge in [-0.25, -0.2) is 9.59 Å². The van der Waals surface area contributed by atoms with Crippen molar-refractivity contribution >= 4 is 29.2 Å². The number of carboxylic acid groups (broad SMARTS) is 1. The Morgan fingerprint density at radius 2 is 2.16 bits per heavy atom. The molecule has 1 aromatic rings. The summed E-state index contributed by atoms with van der Waals surface area (Å²) in [5, 5.41) is 21.2. The van der Waals surface area contributed by atoms with Gasteiger partial charge in [0.1, 0.15) is 0 Å². The third kappa shape index (κ3) is 4.11. The zero-order valence-corrected chi connectivity index (χ0v) is 11.0. The van der Waals surface area contributed by atoms with Crippen molar-refractivity contribution in [3.05, 3.63) is 29.3 Å². The van der Waals surface area contributed by atoms with E-state index >= 15 is 0 Å². The molecule has 3 N–H and O–H groups in total. The summed E-state index contributed by atoms with van der Waals surface area (Å²) in [5.74, 6) is -1.77. The molecule has 0 bridgehead atoms. The van der Waals surface area contributed by atoms with Crippen molar-refractivity contribution in [2.75, 3.05) is 24.9 Å². The van der Waals surface area contributed by atoms with Crippen LogP contribution in [-0.2, 0) is 4.74 Å². The normalized spacial score (nSPS) is 11.7. The molecule has 1 rings (SSSR count). The van der Waals surface area contributed by atoms with Gasteiger partial charge in [0.15, 0.2) is 0 Å². The summed E-state index contributed by atoms with van der Waals surface area (Å²) in [6, 6.07) is 4.09. The molecule has 0 saturated carbocycles. The van der Waals surface area contributed by atoms with Crippen LogP contribution >= 0.6 is 11.6 Å². The average Bonchev–Trinajstić information content (AvgIpc) is 2.43. The van der Waals surface area contributed by atoms with Gasteiger partial charge in [-0.3, -0.25) is 0 Å². The molecule has 0 aliphatic heterocycles. The number of carbonyl (C=O) groups is 2. The molecule has 1 unspecified atom stereocenters. The van der Waals surface area contributed by atoms with Crippen LogP contribution in [0.3, 0.4) is 0 Å². The SMILES string of the molecule is COC(=O)c1ccc(NCC(O)CCl)c(C(=O)O)c1. The van der Waals surface area contributed by atoms with Crippen molar-refractivity contribution in [1.29, 1.82) is 0 Å². The fourth-order valence-electron chi connectivity index (χ4n) is 1.40. The number of anilines is 1. The van der Waals surface area contributed by atoms with Crippen molar-refractivity contribution in [3.8, 4) is 0 Å². The van der Waals surface area contributed by atoms with Gasteiger partial charge in [-0.2, -0.15) is 0 Å². The quantitative estimate of drug-likeness (QED) is 0.537. The number of aliphatic hydroxyl groups is 1. The zero-order valence-electron chi connectivity index (χ0n) is 10.2. The number of aliphatic hydroxyl groups excluding tert-OH is 1. The summed E-state index contributed by atoms with van der Waals surface area (Å²) in [6.45, 7) is 0.112. The number of halogens is 1. The molecule has 0 saturated heterocycles. The van der Waals surface area contributed by atoms with E-state index in [1.54, 1.807) is 0 Å². The number of alkyl halides is 1. The molecule has 19 heavy (non-hydrogen) atoms. The van der Waals surface area contributed by atoms with Gasteiger partial charge in [0, 0.05) is 12.2 Å². The van der Waals surface area contributed by atoms with Crippen molar-refractivity contribution in [1.82, 2.24) is 0 Å². The van der Waals surface area contributed by atoms with E-state index in [0.29, 0.717) is 5.69 Å². The van der Waals surface area contributed by atoms with Crippen molar-refractivity contribution in [2.45, 2.75) is 6.10 Å². The number of benzene rings is 1. The lowest BCUT2D eigenvalue weighted by Gasteiger charge is -2.13. The molecular formula is C12H14ClNO5. The van der Waals surface area contributed by atoms with E-state index < -0.39 is 18.0 Å². The molecule has 0 aliphatic rings. The Hall–Kier alpha value is -1.79. The highest BCUT2D eigenvalue weighted by Crippen LogP contribution is 2.18. The largest absolute Gasteiger partial charge is 0.478 e. The number of esters is 1. The molecule has 1 atom stereocenters. The number of aromatic carboxylic acids is 1. The molecule has 7 heteroatoms. The minimum Gasteiger partial charge on any atom is -0.478 e. The fourth-order valence-corrected chi connectivity index (χ4v) is 1.51. The Morgan fingerprint density at radius 3 is 2.68 bits per heavy atom. The Kier molecular flexibility index (Phi) is 5.59. The van der Waals surface area contributed by atoms with Gasteiger partial charge >= 0.3 is 11.9 Å². The molecule has 0 aromatic heterocycles. The fraction of sp³-hybridized carbons (Fsp3) is 0.333. The van der Waals surface area contributed by atoms with E-state index in [1.165, 1.54) is 25.3 Å². The number of hydrogen-bond acceptors (Lipinski definition) is 5. The lowest BCUT2D eigenvalue weighted by molar-refractivity contribution is 0.0600. The van der Waals surface area contributed by atoms with Crippen molar-refractivity contribution in [3.63, 3.8) is 0 Å². The minimum absolute atomic E-state index is 0.0374. The maximum atomic E-state index is 11.3. The minimum atomic E-state index is -1.19. The van der Waals surface area contributed by atoms with Crippen molar-refractivity contribution < 1.29 is 24.5 Å². The van der Waals surface area contributed by atoms with Gasteiger partial charge in [0.05, 0.1) is 30.2 Å². The number of carboxylic acids is 1. The van der Waals surface area contributed by atoms with Gasteiger partial charge < -0.3 is 20.3 Å². The van der Waals surface area contributed by atoms with Crippen LogP contribution in [0.5, 0.6) is 0 Å². The second-order valence-corrected chi connectivity index (χ2v) is 4.05. The van der Waals surface area contributed by atoms with Gasteiger partial charge in [-0.1, -0.05) is 0 Å². The molecule has 1 aromatic carbocycles. The summed E-state index contributed by atoms with van der Waals surface area (Å²) >= 11 is 5.44. The third-order valence-corrected chi connectivity index (χ3v) is 2.73. The summed E-state index contributed by atoms with van der Waals surface area (Å²) in [5.41, 5.74) is 0.359. The third-order valence-electron chi connectivity index (χ3n) is 2.38. The van der Waals surface area contributed by atoms with Crippen LogP contribution in [0.1, 0.15) is 20.7 Å². The highest BCUT2D eigenvalue weighted by molar-refractivity contribution is 6.18. The van der Waals surface area contributed by atoms with Gasteiger partial charge in [0.25, 0.3) is 0 Å². The van der Waals surface area contributed by atoms with Crippen LogP contribution in [0.25, 0.3) is 0 Å². The Morgan fingerprint density at radius 1 is 1.47 bits per heavy atom. The number of methoxy groups -OCH3 is 1. The number of carbonyl (C=O) groups excluding carboxylic acids is 1. The number of ether oxygens (including phenoxy) is 1. The number of nitrogens with one attached hydrogen (secondary N) is 1. The lowest BCUT2D eigenvalue weighted by Crippen LogP contribution is -2.22. The molecule has 0 spiro atoms. The van der Waals surface area contributed by atoms with Crippen molar-refractivity contribution in [2.24, 2.45) is 0 Å². The molecule has 104 valence electrons. The van der Waals surface area contributed by atoms with Gasteiger partial charge in [-0.15, -0.1) is 11.6 Å². The predicted molar refractivity (Wildman–Crippen MR) is 70.0 cm³/mol. The van der Waals surface area contributed by atoms with Crippen LogP contribution in [0.4, 0.5) is 5.69 Å². The van der Waals surface area contributed by atoms with E-state index in [-0.39, 0.29) is 23.6 Å². The smallest absolute Gasteiger partial charge is 0.337 e. The lowest BCUT2D eigenvalue weighted by atomic mass is 10.1. The van der Waals surface area contributed by atoms with Crippen LogP contribution in [0.2, 0.25) is 0 Å². The molecule has 0 amide bonds. The first-order chi connectivity index (χ1) is 8.99. The molecule has 0 radical (unpaired) electrons. The van der Waals surface area contributed by atoms with Crippen LogP contribution in [0, 0.1) is 0 Å². The van der Waals surface area contributed by atoms with E-state index in [2.05, 4.69) is 10.1 Å². The molecule has 0 aliphatic carbocycles. The average molecular weight is 288 g/mol. The zero-order chi connectivity index (χ0) is 14.4. The van der Waals surface area contributed by atoms with Gasteiger partial charge in [0.2, 0.25) is 0 Å². The summed E-state index contributed by atoms with van der Waals surface area (Å²) in [6.07, 6.45) is -0.788. The maximum Gasteiger partial charge on any atom is 0.337 e. The highest BCUT2D eigenvalue weighted by atomic mass is 35.5. The first-order valence-corrected chi connectivity index (χ1v) is 5.96. The number of rotatable bonds is 6. The highest BCUT2D eigenvalue weighted by Gasteiger charge is 2.15. The predicted octanol–water partition coefficient (Wildman–Crippen LogP) is 1.18. The van der Waals surface area contributed by atoms with E-state index in [9.17, 15) is 14.7 Å². The number of hydrogen-bond donors (Lipinski definition) is 3. The topological polar surface area (TPSA) is 95.9 Å². The first kappa shape index (κ1) is 15.3. The second-order valence-electron chi connectivity index (χ2n) is 3.75. The molecular weight excluding hydrogens is 274 g/mol. The molecule has 0 heterocycles. The Bertz CT molecular complexity index is 477. The molecule has 0 fully saturated rings. The van der Waals surface area contributed by atoms with E-state index in [1.807, 2.05) is 0 Å². The van der Waals surface area contributed by atoms with Gasteiger partial charge in [-0.05, 0) is 18.2 Å². The Labute approximate surface area is 114 Å². The van der Waals surface area contributed by atoms with Crippen LogP contribution in [0.15, 0.2) is 18.2 Å². The molecule has 6 nitrogen and oxygen atoms in total. The first-order valence-electron chi connectivity index (χ1n) is 5.43. The summed E-state index contributed by atoms with van der Waals surface area (Å²) < 4.78 is 4.52. The second kappa shape index (κ2) is 6.96. The monoisotopic (exact) mass is 287 g/mol. The van der Waals surface area contributed by atoms with Crippen LogP contribution < -0.4 is 5.32 Å². The summed E-state index contributed by atoms with van der Waals surface area (Å²) in [7, 11) is 1.21. The van der Waals surface area contributed by atoms with E-state index in [0.717, 1.165) is 0 Å². The van der Waals surface area contributed by atoms with Crippen LogP contribution in [-0.4, -0.2) is 47.8 Å². The Balaban J connectivity index is 2.98. The van der Waals surface area contributed by atoms with E-state index in [4.69, 9.17) is 16.7 Å². The standard InChI is InChI=1S/C12H14ClNO5/c1-19-12(18)7-2-3-10(9(4-7)11(16)17)14-6-8(15)5-13/h2-4,8,14-15H,5-6H2,1H3,(H,16,17). The summed E-state index contributed by atoms with van der Waals surface area (Å²) in [4.78, 5) is 22.4.